The van der Waals surface area contributed by atoms with Gasteiger partial charge in [-0.25, -0.2) is 0 Å². The minimum Gasteiger partial charge on any atom is -0.341 e. The summed E-state index contributed by atoms with van der Waals surface area (Å²) in [6.45, 7) is 7.06. The van der Waals surface area contributed by atoms with Crippen LogP contribution in [0, 0.1) is 0 Å². The van der Waals surface area contributed by atoms with Crippen molar-refractivity contribution in [2.24, 2.45) is 0 Å². The van der Waals surface area contributed by atoms with Crippen LogP contribution in [0.3, 0.4) is 0 Å². The molecule has 0 aromatic carbocycles. The molecule has 0 aromatic heterocycles. The third kappa shape index (κ3) is 4.88. The quantitative estimate of drug-likeness (QED) is 0.376. The number of thiol groups is 1. The van der Waals surface area contributed by atoms with E-state index in [1.165, 1.54) is 0 Å². The Kier molecular flexibility index (Phi) is 5.48. The Morgan fingerprint density at radius 2 is 1.64 bits per heavy atom. The van der Waals surface area contributed by atoms with Gasteiger partial charge in [0.2, 0.25) is 0 Å². The van der Waals surface area contributed by atoms with Crippen LogP contribution in [0.25, 0.3) is 0 Å². The van der Waals surface area contributed by atoms with E-state index in [0.717, 1.165) is 0 Å². The Balaban J connectivity index is 4.57. The maximum atomic E-state index is 9.19. The summed E-state index contributed by atoms with van der Waals surface area (Å²) in [5.74, 6) is 1.19. The molecule has 0 saturated heterocycles. The van der Waals surface area contributed by atoms with E-state index >= 15 is 0 Å². The van der Waals surface area contributed by atoms with Gasteiger partial charge in [0, 0.05) is 11.5 Å². The molecule has 11 heavy (non-hydrogen) atoms. The fourth-order valence-corrected chi connectivity index (χ4v) is 4.65. The molecule has 0 spiro atoms. The second kappa shape index (κ2) is 5.22. The first-order chi connectivity index (χ1) is 5.02. The summed E-state index contributed by atoms with van der Waals surface area (Å²) in [4.78, 5) is 18.4. The zero-order chi connectivity index (χ0) is 8.91. The number of hydrogen-bond donors (Lipinski definition) is 3. The van der Waals surface area contributed by atoms with Crippen molar-refractivity contribution in [2.45, 2.75) is 0 Å². The molecule has 0 radical (unpaired) electrons. The van der Waals surface area contributed by atoms with Crippen LogP contribution in [0.2, 0.25) is 0 Å². The predicted molar refractivity (Wildman–Crippen MR) is 57.8 cm³/mol. The van der Waals surface area contributed by atoms with Gasteiger partial charge in [0.05, 0.1) is 0 Å². The highest BCUT2D eigenvalue weighted by Gasteiger charge is 2.07. The van der Waals surface area contributed by atoms with Gasteiger partial charge in [0.1, 0.15) is 0 Å². The zero-order valence-corrected chi connectivity index (χ0v) is 8.79. The van der Waals surface area contributed by atoms with E-state index in [0.29, 0.717) is 11.5 Å². The lowest BCUT2D eigenvalue weighted by atomic mass is 10.8. The van der Waals surface area contributed by atoms with E-state index in [1.54, 1.807) is 12.2 Å². The highest BCUT2D eigenvalue weighted by atomic mass is 32.9. The molecule has 0 saturated carbocycles. The van der Waals surface area contributed by atoms with Crippen molar-refractivity contribution in [1.29, 1.82) is 0 Å². The van der Waals surface area contributed by atoms with Gasteiger partial charge < -0.3 is 9.79 Å². The molecule has 0 rings (SSSR count). The van der Waals surface area contributed by atoms with Gasteiger partial charge in [-0.15, -0.1) is 23.2 Å². The van der Waals surface area contributed by atoms with Crippen LogP contribution in [0.4, 0.5) is 0 Å². The monoisotopic (exact) mass is 212 g/mol. The average Bonchev–Trinajstić information content (AvgIpc) is 1.85. The van der Waals surface area contributed by atoms with E-state index in [-0.39, 0.29) is 0 Å². The molecule has 0 unspecified atom stereocenters. The first kappa shape index (κ1) is 11.5. The number of rotatable bonds is 4. The van der Waals surface area contributed by atoms with Crippen molar-refractivity contribution in [3.63, 3.8) is 0 Å². The van der Waals surface area contributed by atoms with Gasteiger partial charge in [-0.05, 0) is 0 Å². The summed E-state index contributed by atoms with van der Waals surface area (Å²) in [6, 6.07) is 0. The summed E-state index contributed by atoms with van der Waals surface area (Å²) in [7, 11) is -0.492. The molecular formula is C6H13O2PS2. The Bertz CT molecular complexity index is 186. The topological polar surface area (TPSA) is 40.5 Å². The van der Waals surface area contributed by atoms with E-state index in [9.17, 15) is 9.79 Å². The van der Waals surface area contributed by atoms with Crippen molar-refractivity contribution < 1.29 is 9.79 Å². The minimum absolute atomic E-state index is 0.492. The van der Waals surface area contributed by atoms with Crippen molar-refractivity contribution >= 4 is 28.0 Å². The standard InChI is InChI=1S/C6H13O2PS2/c1-3-5-11(6-4-2)9(7,8)10/h3-4,7-8,10H,1-2,5-6H2. The van der Waals surface area contributed by atoms with Crippen LogP contribution < -0.4 is 0 Å². The molecular weight excluding hydrogens is 199 g/mol. The molecule has 0 aromatic rings. The van der Waals surface area contributed by atoms with Gasteiger partial charge in [0.15, 0.2) is 5.69 Å². The summed E-state index contributed by atoms with van der Waals surface area (Å²) in [5, 5.41) is 0. The Morgan fingerprint density at radius 3 is 1.82 bits per heavy atom. The molecule has 0 bridgehead atoms. The third-order valence-corrected chi connectivity index (χ3v) is 7.95. The lowest BCUT2D eigenvalue weighted by Gasteiger charge is -2.12. The SMILES string of the molecule is C=CCS(CC=C)=P(O)(O)S. The molecule has 0 aliphatic carbocycles. The molecule has 0 atom stereocenters. The second-order valence-electron chi connectivity index (χ2n) is 1.89. The maximum absolute atomic E-state index is 9.19. The molecule has 2 N–H and O–H groups in total. The highest BCUT2D eigenvalue weighted by Crippen LogP contribution is 2.47. The van der Waals surface area contributed by atoms with Crippen LogP contribution in [0.5, 0.6) is 0 Å². The Labute approximate surface area is 74.9 Å². The highest BCUT2D eigenvalue weighted by molar-refractivity contribution is 8.65. The molecule has 0 fully saturated rings. The molecule has 0 aliphatic heterocycles. The van der Waals surface area contributed by atoms with Gasteiger partial charge >= 0.3 is 0 Å². The minimum atomic E-state index is -2.98. The largest absolute Gasteiger partial charge is 0.341 e. The Hall–Kier alpha value is 0.530. The number of hydrogen-bond acceptors (Lipinski definition) is 0. The van der Waals surface area contributed by atoms with E-state index in [4.69, 9.17) is 0 Å². The van der Waals surface area contributed by atoms with Crippen molar-refractivity contribution in [3.05, 3.63) is 25.3 Å². The van der Waals surface area contributed by atoms with Crippen LogP contribution in [-0.4, -0.2) is 21.3 Å². The first-order valence-electron chi connectivity index (χ1n) is 2.99. The first-order valence-corrected chi connectivity index (χ1v) is 8.01. The van der Waals surface area contributed by atoms with E-state index in [1.807, 2.05) is 0 Å². The van der Waals surface area contributed by atoms with Gasteiger partial charge in [-0.3, -0.25) is 0 Å². The zero-order valence-electron chi connectivity index (χ0n) is 6.18. The van der Waals surface area contributed by atoms with Crippen molar-refractivity contribution in [1.82, 2.24) is 0 Å². The average molecular weight is 212 g/mol. The second-order valence-corrected chi connectivity index (χ2v) is 10.1. The lowest BCUT2D eigenvalue weighted by molar-refractivity contribution is 0.502. The summed E-state index contributed by atoms with van der Waals surface area (Å²) in [6.07, 6.45) is 3.34. The van der Waals surface area contributed by atoms with Crippen LogP contribution in [0.15, 0.2) is 25.3 Å². The van der Waals surface area contributed by atoms with E-state index < -0.39 is 15.8 Å². The molecule has 2 nitrogen and oxygen atoms in total. The van der Waals surface area contributed by atoms with Crippen LogP contribution in [0.1, 0.15) is 0 Å². The van der Waals surface area contributed by atoms with Gasteiger partial charge in [-0.1, -0.05) is 24.4 Å². The third-order valence-electron chi connectivity index (χ3n) is 0.967. The fourth-order valence-electron chi connectivity index (χ4n) is 0.540. The van der Waals surface area contributed by atoms with Crippen LogP contribution >= 0.6 is 17.9 Å². The summed E-state index contributed by atoms with van der Waals surface area (Å²) >= 11 is 3.76. The molecule has 66 valence electrons. The van der Waals surface area contributed by atoms with Gasteiger partial charge in [0.25, 0.3) is 0 Å². The maximum Gasteiger partial charge on any atom is 0.199 e. The summed E-state index contributed by atoms with van der Waals surface area (Å²) in [5.41, 5.74) is -2.98. The van der Waals surface area contributed by atoms with Crippen LogP contribution in [-0.2, 0) is 10.1 Å². The van der Waals surface area contributed by atoms with Gasteiger partial charge in [-0.2, -0.15) is 0 Å². The summed E-state index contributed by atoms with van der Waals surface area (Å²) < 4.78 is 0. The predicted octanol–water partition coefficient (Wildman–Crippen LogP) is 1.57. The Morgan fingerprint density at radius 1 is 1.27 bits per heavy atom. The van der Waals surface area contributed by atoms with E-state index in [2.05, 4.69) is 25.4 Å². The molecule has 0 heterocycles. The molecule has 0 aliphatic rings. The van der Waals surface area contributed by atoms with Crippen molar-refractivity contribution in [3.8, 4) is 0 Å². The normalized spacial score (nSPS) is 11.6. The van der Waals surface area contributed by atoms with Crippen molar-refractivity contribution in [2.75, 3.05) is 11.5 Å². The molecule has 0 amide bonds. The lowest BCUT2D eigenvalue weighted by Crippen LogP contribution is -1.98. The fraction of sp³-hybridized carbons (Fsp3) is 0.333. The smallest absolute Gasteiger partial charge is 0.199 e. The molecule has 5 heteroatoms.